The molecule has 7 heteroatoms. The first-order valence-electron chi connectivity index (χ1n) is 8.39. The maximum Gasteiger partial charge on any atom is 0.254 e. The summed E-state index contributed by atoms with van der Waals surface area (Å²) in [7, 11) is 1.45. The van der Waals surface area contributed by atoms with E-state index in [-0.39, 0.29) is 23.5 Å². The van der Waals surface area contributed by atoms with Crippen LogP contribution < -0.4 is 15.4 Å². The number of methoxy groups -OCH3 is 1. The third-order valence-electron chi connectivity index (χ3n) is 4.33. The predicted octanol–water partition coefficient (Wildman–Crippen LogP) is 3.71. The lowest BCUT2D eigenvalue weighted by atomic mass is 10.0. The number of carbonyl (C=O) groups excluding carboxylic acids is 1. The first-order valence-corrected chi connectivity index (χ1v) is 8.39. The summed E-state index contributed by atoms with van der Waals surface area (Å²) in [5, 5.41) is 5.92. The second kappa shape index (κ2) is 9.48. The van der Waals surface area contributed by atoms with Gasteiger partial charge in [-0.2, -0.15) is 0 Å². The highest BCUT2D eigenvalue weighted by Gasteiger charge is 2.15. The molecule has 1 amide bonds. The molecule has 0 atom stereocenters. The summed E-state index contributed by atoms with van der Waals surface area (Å²) in [6.45, 7) is 2.05. The van der Waals surface area contributed by atoms with Gasteiger partial charge >= 0.3 is 0 Å². The predicted molar refractivity (Wildman–Crippen MR) is 103 cm³/mol. The number of hydrogen-bond acceptors (Lipinski definition) is 3. The standard InChI is InChI=1S/C20H20F2N2O2.ClH/c1-26-15-3-5-16(19(22)11-15)14-2-4-17(18(21)10-14)20(25)24-12-13-6-8-23-9-7-13;/h2-6,10-11,23H,7-9,12H2,1H3,(H,24,25);1H. The SMILES string of the molecule is COc1ccc(-c2ccc(C(=O)NCC3=CCNCC3)c(F)c2)c(F)c1.Cl. The van der Waals surface area contributed by atoms with E-state index in [0.29, 0.717) is 17.9 Å². The number of carbonyl (C=O) groups is 1. The molecule has 144 valence electrons. The Morgan fingerprint density at radius 3 is 2.63 bits per heavy atom. The number of benzene rings is 2. The maximum atomic E-state index is 14.4. The molecule has 0 aromatic heterocycles. The Kier molecular flexibility index (Phi) is 7.33. The van der Waals surface area contributed by atoms with Crippen molar-refractivity contribution in [3.8, 4) is 16.9 Å². The molecule has 1 aliphatic rings. The molecule has 1 aliphatic heterocycles. The molecule has 0 fully saturated rings. The van der Waals surface area contributed by atoms with Crippen molar-refractivity contribution < 1.29 is 18.3 Å². The fourth-order valence-electron chi connectivity index (χ4n) is 2.84. The highest BCUT2D eigenvalue weighted by Crippen LogP contribution is 2.27. The first-order chi connectivity index (χ1) is 12.6. The van der Waals surface area contributed by atoms with Crippen LogP contribution in [0.1, 0.15) is 16.8 Å². The van der Waals surface area contributed by atoms with Crippen LogP contribution in [0.15, 0.2) is 48.0 Å². The van der Waals surface area contributed by atoms with Gasteiger partial charge < -0.3 is 15.4 Å². The monoisotopic (exact) mass is 394 g/mol. The highest BCUT2D eigenvalue weighted by molar-refractivity contribution is 5.95. The highest BCUT2D eigenvalue weighted by atomic mass is 35.5. The van der Waals surface area contributed by atoms with E-state index in [0.717, 1.165) is 25.1 Å². The minimum Gasteiger partial charge on any atom is -0.497 e. The second-order valence-corrected chi connectivity index (χ2v) is 6.04. The molecule has 2 N–H and O–H groups in total. The van der Waals surface area contributed by atoms with Gasteiger partial charge in [0.05, 0.1) is 12.7 Å². The van der Waals surface area contributed by atoms with E-state index >= 15 is 0 Å². The largest absolute Gasteiger partial charge is 0.497 e. The lowest BCUT2D eigenvalue weighted by Gasteiger charge is -2.15. The Bertz CT molecular complexity index is 856. The van der Waals surface area contributed by atoms with Crippen LogP contribution >= 0.6 is 12.4 Å². The van der Waals surface area contributed by atoms with Gasteiger partial charge in [0.25, 0.3) is 5.91 Å². The van der Waals surface area contributed by atoms with Crippen LogP contribution in [-0.2, 0) is 0 Å². The second-order valence-electron chi connectivity index (χ2n) is 6.04. The molecular formula is C20H21ClF2N2O2. The van der Waals surface area contributed by atoms with Gasteiger partial charge in [0.2, 0.25) is 0 Å². The molecule has 3 rings (SSSR count). The molecule has 2 aromatic carbocycles. The normalized spacial score (nSPS) is 13.4. The van der Waals surface area contributed by atoms with Gasteiger partial charge in [0.1, 0.15) is 17.4 Å². The molecule has 0 spiro atoms. The molecule has 0 saturated heterocycles. The molecule has 4 nitrogen and oxygen atoms in total. The zero-order valence-electron chi connectivity index (χ0n) is 14.9. The zero-order chi connectivity index (χ0) is 18.5. The van der Waals surface area contributed by atoms with Crippen molar-refractivity contribution in [1.29, 1.82) is 0 Å². The molecule has 2 aromatic rings. The van der Waals surface area contributed by atoms with E-state index in [9.17, 15) is 13.6 Å². The van der Waals surface area contributed by atoms with Crippen molar-refractivity contribution >= 4 is 18.3 Å². The first kappa shape index (κ1) is 20.9. The van der Waals surface area contributed by atoms with Gasteiger partial charge in [-0.15, -0.1) is 12.4 Å². The Morgan fingerprint density at radius 2 is 2.00 bits per heavy atom. The number of rotatable bonds is 5. The Hall–Kier alpha value is -2.44. The minimum atomic E-state index is -0.686. The van der Waals surface area contributed by atoms with Gasteiger partial charge in [-0.05, 0) is 42.8 Å². The summed E-state index contributed by atoms with van der Waals surface area (Å²) < 4.78 is 33.5. The Morgan fingerprint density at radius 1 is 1.19 bits per heavy atom. The van der Waals surface area contributed by atoms with E-state index in [2.05, 4.69) is 10.6 Å². The van der Waals surface area contributed by atoms with Crippen molar-refractivity contribution in [3.63, 3.8) is 0 Å². The van der Waals surface area contributed by atoms with Crippen LogP contribution in [0, 0.1) is 11.6 Å². The van der Waals surface area contributed by atoms with Gasteiger partial charge in [-0.1, -0.05) is 17.7 Å². The molecule has 0 aliphatic carbocycles. The van der Waals surface area contributed by atoms with E-state index in [1.54, 1.807) is 6.07 Å². The smallest absolute Gasteiger partial charge is 0.254 e. The average molecular weight is 395 g/mol. The van der Waals surface area contributed by atoms with Crippen molar-refractivity contribution in [2.75, 3.05) is 26.7 Å². The summed E-state index contributed by atoms with van der Waals surface area (Å²) in [5.74, 6) is -1.30. The van der Waals surface area contributed by atoms with Crippen molar-refractivity contribution in [2.24, 2.45) is 0 Å². The van der Waals surface area contributed by atoms with Crippen molar-refractivity contribution in [2.45, 2.75) is 6.42 Å². The topological polar surface area (TPSA) is 50.4 Å². The third kappa shape index (κ3) is 5.05. The molecule has 0 unspecified atom stereocenters. The van der Waals surface area contributed by atoms with Gasteiger partial charge in [0, 0.05) is 24.7 Å². The van der Waals surface area contributed by atoms with Crippen LogP contribution in [0.25, 0.3) is 11.1 Å². The summed E-state index contributed by atoms with van der Waals surface area (Å²) >= 11 is 0. The third-order valence-corrected chi connectivity index (χ3v) is 4.33. The number of hydrogen-bond donors (Lipinski definition) is 2. The minimum absolute atomic E-state index is 0. The van der Waals surface area contributed by atoms with E-state index in [1.165, 1.54) is 37.4 Å². The van der Waals surface area contributed by atoms with E-state index < -0.39 is 17.5 Å². The molecule has 0 saturated carbocycles. The molecule has 27 heavy (non-hydrogen) atoms. The molecule has 0 bridgehead atoms. The quantitative estimate of drug-likeness (QED) is 0.760. The summed E-state index contributed by atoms with van der Waals surface area (Å²) in [6, 6.07) is 8.44. The summed E-state index contributed by atoms with van der Waals surface area (Å²) in [4.78, 5) is 12.2. The van der Waals surface area contributed by atoms with Crippen LogP contribution in [0.4, 0.5) is 8.78 Å². The van der Waals surface area contributed by atoms with E-state index in [4.69, 9.17) is 4.74 Å². The molecular weight excluding hydrogens is 374 g/mol. The number of ether oxygens (including phenoxy) is 1. The van der Waals surface area contributed by atoms with Gasteiger partial charge in [-0.25, -0.2) is 8.78 Å². The lowest BCUT2D eigenvalue weighted by molar-refractivity contribution is 0.0952. The van der Waals surface area contributed by atoms with Crippen molar-refractivity contribution in [3.05, 3.63) is 65.2 Å². The maximum absolute atomic E-state index is 14.4. The molecule has 0 radical (unpaired) electrons. The van der Waals surface area contributed by atoms with Gasteiger partial charge in [0.15, 0.2) is 0 Å². The Balaban J connectivity index is 0.00000261. The van der Waals surface area contributed by atoms with Crippen LogP contribution in [-0.4, -0.2) is 32.7 Å². The number of halogens is 3. The number of nitrogens with one attached hydrogen (secondary N) is 2. The fraction of sp³-hybridized carbons (Fsp3) is 0.250. The van der Waals surface area contributed by atoms with Gasteiger partial charge in [-0.3, -0.25) is 4.79 Å². The summed E-state index contributed by atoms with van der Waals surface area (Å²) in [6.07, 6.45) is 2.88. The van der Waals surface area contributed by atoms with Crippen LogP contribution in [0.5, 0.6) is 5.75 Å². The average Bonchev–Trinajstić information content (AvgIpc) is 2.66. The van der Waals surface area contributed by atoms with E-state index in [1.807, 2.05) is 6.08 Å². The number of amides is 1. The Labute approximate surface area is 163 Å². The van der Waals surface area contributed by atoms with Crippen molar-refractivity contribution in [1.82, 2.24) is 10.6 Å². The van der Waals surface area contributed by atoms with Crippen LogP contribution in [0.2, 0.25) is 0 Å². The van der Waals surface area contributed by atoms with Crippen LogP contribution in [0.3, 0.4) is 0 Å². The zero-order valence-corrected chi connectivity index (χ0v) is 15.7. The molecule has 1 heterocycles. The fourth-order valence-corrected chi connectivity index (χ4v) is 2.84. The lowest BCUT2D eigenvalue weighted by Crippen LogP contribution is -2.30. The summed E-state index contributed by atoms with van der Waals surface area (Å²) in [5.41, 5.74) is 1.67.